The lowest BCUT2D eigenvalue weighted by molar-refractivity contribution is -0.143. The maximum Gasteiger partial charge on any atom is 0.276 e. The molecule has 1 aromatic rings. The molecule has 0 saturated heterocycles. The van der Waals surface area contributed by atoms with Gasteiger partial charge in [0.1, 0.15) is 0 Å². The van der Waals surface area contributed by atoms with Gasteiger partial charge in [0.05, 0.1) is 10.2 Å². The van der Waals surface area contributed by atoms with E-state index < -0.39 is 11.5 Å². The summed E-state index contributed by atoms with van der Waals surface area (Å²) >= 11 is 9.14. The number of ether oxygens (including phenoxy) is 1. The first-order chi connectivity index (χ1) is 7.84. The Labute approximate surface area is 111 Å². The van der Waals surface area contributed by atoms with Crippen molar-refractivity contribution >= 4 is 44.9 Å². The first-order valence-electron chi connectivity index (χ1n) is 4.85. The Bertz CT molecular complexity index is 532. The third kappa shape index (κ3) is 1.93. The smallest absolute Gasteiger partial charge is 0.276 e. The lowest BCUT2D eigenvalue weighted by Crippen LogP contribution is -2.53. The number of Topliss-reactive ketones (excluding diaryl/α,β-unsaturated/α-hetero) is 1. The summed E-state index contributed by atoms with van der Waals surface area (Å²) < 4.78 is 6.10. The van der Waals surface area contributed by atoms with Gasteiger partial charge in [-0.05, 0) is 41.9 Å². The molecule has 0 aliphatic carbocycles. The average Bonchev–Trinajstić information content (AvgIpc) is 2.21. The highest BCUT2D eigenvalue weighted by molar-refractivity contribution is 9.10. The van der Waals surface area contributed by atoms with Gasteiger partial charge in [-0.15, -0.1) is 0 Å². The summed E-state index contributed by atoms with van der Waals surface area (Å²) in [5, 5.41) is 3.08. The van der Waals surface area contributed by atoms with Gasteiger partial charge in [0.2, 0.25) is 5.60 Å². The first-order valence-corrected chi connectivity index (χ1v) is 6.02. The molecule has 0 radical (unpaired) electrons. The lowest BCUT2D eigenvalue weighted by Gasteiger charge is -2.33. The molecule has 90 valence electrons. The molecule has 0 spiro atoms. The Morgan fingerprint density at radius 1 is 1.53 bits per heavy atom. The summed E-state index contributed by atoms with van der Waals surface area (Å²) in [6.07, 6.45) is 0. The van der Waals surface area contributed by atoms with E-state index in [1.807, 2.05) is 0 Å². The summed E-state index contributed by atoms with van der Waals surface area (Å²) in [7, 11) is 0. The largest absolute Gasteiger partial charge is 0.466 e. The zero-order valence-corrected chi connectivity index (χ0v) is 11.5. The van der Waals surface area contributed by atoms with Crippen molar-refractivity contribution in [3.63, 3.8) is 0 Å². The van der Waals surface area contributed by atoms with Crippen LogP contribution in [0.15, 0.2) is 16.6 Å². The van der Waals surface area contributed by atoms with Crippen LogP contribution in [0.3, 0.4) is 0 Å². The summed E-state index contributed by atoms with van der Waals surface area (Å²) in [6, 6.07) is 3.21. The molecule has 0 bridgehead atoms. The summed E-state index contributed by atoms with van der Waals surface area (Å²) in [6.45, 7) is 2.75. The van der Waals surface area contributed by atoms with Crippen molar-refractivity contribution in [2.24, 2.45) is 0 Å². The van der Waals surface area contributed by atoms with Crippen molar-refractivity contribution in [1.82, 2.24) is 0 Å². The Hall–Kier alpha value is -1.07. The van der Waals surface area contributed by atoms with Crippen LogP contribution in [-0.2, 0) is 9.59 Å². The number of ketones is 1. The van der Waals surface area contributed by atoms with Crippen LogP contribution in [0.25, 0.3) is 0 Å². The standard InChI is InChI=1S/C11H9BrClNO3/c1-5(15)11(2)10(16)14-8-4-6(13)3-7(12)9(8)17-11/h3-4H,1-2H3,(H,14,16). The van der Waals surface area contributed by atoms with E-state index >= 15 is 0 Å². The zero-order chi connectivity index (χ0) is 12.8. The molecular weight excluding hydrogens is 309 g/mol. The molecule has 4 nitrogen and oxygen atoms in total. The number of carbonyl (C=O) groups is 2. The van der Waals surface area contributed by atoms with Gasteiger partial charge in [0.25, 0.3) is 5.91 Å². The van der Waals surface area contributed by atoms with Gasteiger partial charge in [-0.25, -0.2) is 0 Å². The molecule has 17 heavy (non-hydrogen) atoms. The van der Waals surface area contributed by atoms with E-state index in [0.717, 1.165) is 0 Å². The normalized spacial score (nSPS) is 22.5. The molecule has 1 atom stereocenters. The fraction of sp³-hybridized carbons (Fsp3) is 0.273. The van der Waals surface area contributed by atoms with Gasteiger partial charge in [0, 0.05) is 5.02 Å². The van der Waals surface area contributed by atoms with Gasteiger partial charge in [-0.2, -0.15) is 0 Å². The van der Waals surface area contributed by atoms with Crippen molar-refractivity contribution in [1.29, 1.82) is 0 Å². The van der Waals surface area contributed by atoms with Crippen molar-refractivity contribution in [3.05, 3.63) is 21.6 Å². The van der Waals surface area contributed by atoms with E-state index in [-0.39, 0.29) is 5.78 Å². The van der Waals surface area contributed by atoms with Crippen molar-refractivity contribution < 1.29 is 14.3 Å². The van der Waals surface area contributed by atoms with Crippen molar-refractivity contribution in [2.45, 2.75) is 19.4 Å². The summed E-state index contributed by atoms with van der Waals surface area (Å²) in [5.41, 5.74) is -1.04. The van der Waals surface area contributed by atoms with Crippen LogP contribution in [0.2, 0.25) is 5.02 Å². The molecular formula is C11H9BrClNO3. The highest BCUT2D eigenvalue weighted by Crippen LogP contribution is 2.41. The molecule has 0 fully saturated rings. The van der Waals surface area contributed by atoms with Crippen molar-refractivity contribution in [3.8, 4) is 5.75 Å². The minimum Gasteiger partial charge on any atom is -0.466 e. The van der Waals surface area contributed by atoms with Crippen LogP contribution in [0, 0.1) is 0 Å². The van der Waals surface area contributed by atoms with Crippen LogP contribution in [0.1, 0.15) is 13.8 Å². The zero-order valence-electron chi connectivity index (χ0n) is 9.14. The van der Waals surface area contributed by atoms with Gasteiger partial charge in [-0.3, -0.25) is 9.59 Å². The van der Waals surface area contributed by atoms with E-state index in [1.54, 1.807) is 12.1 Å². The minimum atomic E-state index is -1.50. The molecule has 0 saturated carbocycles. The van der Waals surface area contributed by atoms with Gasteiger partial charge < -0.3 is 10.1 Å². The highest BCUT2D eigenvalue weighted by Gasteiger charge is 2.45. The Morgan fingerprint density at radius 3 is 2.76 bits per heavy atom. The van der Waals surface area contributed by atoms with E-state index in [2.05, 4.69) is 21.2 Å². The molecule has 0 aromatic heterocycles. The number of carbonyl (C=O) groups excluding carboxylic acids is 2. The summed E-state index contributed by atoms with van der Waals surface area (Å²) in [4.78, 5) is 23.3. The van der Waals surface area contributed by atoms with Gasteiger partial charge >= 0.3 is 0 Å². The number of benzene rings is 1. The fourth-order valence-electron chi connectivity index (χ4n) is 1.48. The number of rotatable bonds is 1. The fourth-order valence-corrected chi connectivity index (χ4v) is 2.37. The monoisotopic (exact) mass is 317 g/mol. The average molecular weight is 319 g/mol. The highest BCUT2D eigenvalue weighted by atomic mass is 79.9. The third-order valence-electron chi connectivity index (χ3n) is 2.67. The predicted octanol–water partition coefficient (Wildman–Crippen LogP) is 2.78. The maximum atomic E-state index is 11.8. The number of halogens is 2. The van der Waals surface area contributed by atoms with Crippen LogP contribution in [0.5, 0.6) is 5.75 Å². The molecule has 1 N–H and O–H groups in total. The Kier molecular flexibility index (Phi) is 2.91. The van der Waals surface area contributed by atoms with Crippen LogP contribution < -0.4 is 10.1 Å². The van der Waals surface area contributed by atoms with E-state index in [0.29, 0.717) is 20.9 Å². The van der Waals surface area contributed by atoms with Crippen LogP contribution >= 0.6 is 27.5 Å². The molecule has 6 heteroatoms. The number of nitrogens with one attached hydrogen (secondary N) is 1. The molecule has 1 heterocycles. The second kappa shape index (κ2) is 3.99. The Balaban J connectivity index is 2.55. The van der Waals surface area contributed by atoms with Crippen molar-refractivity contribution in [2.75, 3.05) is 5.32 Å². The topological polar surface area (TPSA) is 55.4 Å². The van der Waals surface area contributed by atoms with Gasteiger partial charge in [-0.1, -0.05) is 11.6 Å². The number of hydrogen-bond acceptors (Lipinski definition) is 3. The maximum absolute atomic E-state index is 11.8. The lowest BCUT2D eigenvalue weighted by atomic mass is 9.98. The quantitative estimate of drug-likeness (QED) is 0.810. The molecule has 1 unspecified atom stereocenters. The second-order valence-corrected chi connectivity index (χ2v) is 5.20. The molecule has 1 amide bonds. The van der Waals surface area contributed by atoms with Crippen LogP contribution in [-0.4, -0.2) is 17.3 Å². The van der Waals surface area contributed by atoms with E-state index in [4.69, 9.17) is 16.3 Å². The SMILES string of the molecule is CC(=O)C1(C)Oc2c(Br)cc(Cl)cc2NC1=O. The third-order valence-corrected chi connectivity index (χ3v) is 3.48. The van der Waals surface area contributed by atoms with Gasteiger partial charge in [0.15, 0.2) is 11.5 Å². The number of fused-ring (bicyclic) bond motifs is 1. The molecule has 2 rings (SSSR count). The molecule has 1 aromatic carbocycles. The molecule has 1 aliphatic rings. The first kappa shape index (κ1) is 12.4. The predicted molar refractivity (Wildman–Crippen MR) is 67.5 cm³/mol. The van der Waals surface area contributed by atoms with E-state index in [1.165, 1.54) is 13.8 Å². The number of amides is 1. The Morgan fingerprint density at radius 2 is 2.18 bits per heavy atom. The number of anilines is 1. The molecule has 1 aliphatic heterocycles. The summed E-state index contributed by atoms with van der Waals surface area (Å²) in [5.74, 6) is -0.444. The number of hydrogen-bond donors (Lipinski definition) is 1. The van der Waals surface area contributed by atoms with Crippen LogP contribution in [0.4, 0.5) is 5.69 Å². The van der Waals surface area contributed by atoms with E-state index in [9.17, 15) is 9.59 Å². The second-order valence-electron chi connectivity index (χ2n) is 3.91. The minimum absolute atomic E-state index is 0.359.